The summed E-state index contributed by atoms with van der Waals surface area (Å²) in [6.07, 6.45) is 0. The van der Waals surface area contributed by atoms with E-state index < -0.39 is 0 Å². The van der Waals surface area contributed by atoms with Crippen LogP contribution in [0.3, 0.4) is 0 Å². The predicted molar refractivity (Wildman–Crippen MR) is 54.3 cm³/mol. The van der Waals surface area contributed by atoms with Gasteiger partial charge in [-0.2, -0.15) is 5.48 Å². The number of rotatable bonds is 4. The van der Waals surface area contributed by atoms with E-state index in [4.69, 9.17) is 0 Å². The molecule has 0 radical (unpaired) electrons. The molecule has 0 aliphatic rings. The lowest BCUT2D eigenvalue weighted by atomic mass is 10.0. The van der Waals surface area contributed by atoms with Gasteiger partial charge in [0.2, 0.25) is 0 Å². The standard InChI is InChI=1S/C11H16FNO/c1-8(2)9-4-5-11(12)10(6-9)7-13-14-3/h4-6,8,13H,7H2,1-3H3. The van der Waals surface area contributed by atoms with Crippen LogP contribution in [0.15, 0.2) is 18.2 Å². The van der Waals surface area contributed by atoms with Crippen molar-refractivity contribution >= 4 is 0 Å². The number of halogens is 1. The van der Waals surface area contributed by atoms with E-state index in [2.05, 4.69) is 24.2 Å². The zero-order valence-electron chi connectivity index (χ0n) is 8.80. The fourth-order valence-corrected chi connectivity index (χ4v) is 1.24. The van der Waals surface area contributed by atoms with Gasteiger partial charge in [-0.1, -0.05) is 26.0 Å². The van der Waals surface area contributed by atoms with Gasteiger partial charge in [0.25, 0.3) is 0 Å². The fraction of sp³-hybridized carbons (Fsp3) is 0.455. The average Bonchev–Trinajstić information content (AvgIpc) is 2.16. The van der Waals surface area contributed by atoms with Crippen LogP contribution in [0.4, 0.5) is 4.39 Å². The van der Waals surface area contributed by atoms with Crippen molar-refractivity contribution in [3.8, 4) is 0 Å². The van der Waals surface area contributed by atoms with E-state index in [-0.39, 0.29) is 5.82 Å². The first-order valence-electron chi connectivity index (χ1n) is 4.69. The van der Waals surface area contributed by atoms with E-state index in [1.807, 2.05) is 12.1 Å². The minimum absolute atomic E-state index is 0.195. The average molecular weight is 197 g/mol. The zero-order chi connectivity index (χ0) is 10.6. The molecule has 0 heterocycles. The molecule has 14 heavy (non-hydrogen) atoms. The maximum atomic E-state index is 13.3. The number of nitrogens with one attached hydrogen (secondary N) is 1. The van der Waals surface area contributed by atoms with Crippen molar-refractivity contribution < 1.29 is 9.23 Å². The van der Waals surface area contributed by atoms with Gasteiger partial charge in [0, 0.05) is 12.1 Å². The molecule has 0 atom stereocenters. The molecule has 0 saturated heterocycles. The predicted octanol–water partition coefficient (Wildman–Crippen LogP) is 2.60. The molecule has 0 aliphatic carbocycles. The quantitative estimate of drug-likeness (QED) is 0.749. The van der Waals surface area contributed by atoms with Gasteiger partial charge in [-0.3, -0.25) is 0 Å². The zero-order valence-corrected chi connectivity index (χ0v) is 8.80. The third kappa shape index (κ3) is 2.79. The Morgan fingerprint density at radius 3 is 2.71 bits per heavy atom. The maximum Gasteiger partial charge on any atom is 0.127 e. The molecule has 1 aromatic carbocycles. The van der Waals surface area contributed by atoms with E-state index in [1.54, 1.807) is 0 Å². The molecule has 0 unspecified atom stereocenters. The summed E-state index contributed by atoms with van der Waals surface area (Å²) in [4.78, 5) is 4.68. The van der Waals surface area contributed by atoms with Crippen molar-refractivity contribution in [2.75, 3.05) is 7.11 Å². The molecule has 0 aromatic heterocycles. The Hall–Kier alpha value is -0.930. The van der Waals surface area contributed by atoms with Gasteiger partial charge < -0.3 is 4.84 Å². The van der Waals surface area contributed by atoms with Crippen LogP contribution in [0.5, 0.6) is 0 Å². The van der Waals surface area contributed by atoms with E-state index in [0.29, 0.717) is 18.0 Å². The summed E-state index contributed by atoms with van der Waals surface area (Å²) in [5, 5.41) is 0. The third-order valence-corrected chi connectivity index (χ3v) is 2.14. The topological polar surface area (TPSA) is 21.3 Å². The van der Waals surface area contributed by atoms with E-state index in [9.17, 15) is 4.39 Å². The summed E-state index contributed by atoms with van der Waals surface area (Å²) in [6.45, 7) is 4.56. The Bertz CT molecular complexity index is 299. The molecule has 0 fully saturated rings. The highest BCUT2D eigenvalue weighted by Crippen LogP contribution is 2.17. The summed E-state index contributed by atoms with van der Waals surface area (Å²) in [5.74, 6) is 0.218. The summed E-state index contributed by atoms with van der Waals surface area (Å²) in [7, 11) is 1.52. The molecule has 0 aliphatic heterocycles. The Balaban J connectivity index is 2.85. The molecule has 0 saturated carbocycles. The van der Waals surface area contributed by atoms with Crippen molar-refractivity contribution in [1.82, 2.24) is 5.48 Å². The first-order chi connectivity index (χ1) is 6.65. The Morgan fingerprint density at radius 1 is 1.43 bits per heavy atom. The van der Waals surface area contributed by atoms with Crippen LogP contribution in [0.25, 0.3) is 0 Å². The van der Waals surface area contributed by atoms with Crippen molar-refractivity contribution in [3.05, 3.63) is 35.1 Å². The number of benzene rings is 1. The van der Waals surface area contributed by atoms with Crippen molar-refractivity contribution in [2.24, 2.45) is 0 Å². The first-order valence-corrected chi connectivity index (χ1v) is 4.69. The molecule has 0 spiro atoms. The van der Waals surface area contributed by atoms with Crippen LogP contribution in [0.2, 0.25) is 0 Å². The summed E-state index contributed by atoms with van der Waals surface area (Å²) in [6, 6.07) is 5.18. The molecule has 1 rings (SSSR count). The van der Waals surface area contributed by atoms with Gasteiger partial charge in [0.1, 0.15) is 5.82 Å². The summed E-state index contributed by atoms with van der Waals surface area (Å²) >= 11 is 0. The highest BCUT2D eigenvalue weighted by Gasteiger charge is 2.05. The number of hydrogen-bond acceptors (Lipinski definition) is 2. The van der Waals surface area contributed by atoms with Crippen molar-refractivity contribution in [2.45, 2.75) is 26.3 Å². The fourth-order valence-electron chi connectivity index (χ4n) is 1.24. The second kappa shape index (κ2) is 5.08. The molecule has 0 amide bonds. The van der Waals surface area contributed by atoms with Gasteiger partial charge in [-0.15, -0.1) is 0 Å². The normalized spacial score (nSPS) is 10.9. The minimum Gasteiger partial charge on any atom is -0.305 e. The van der Waals surface area contributed by atoms with Crippen LogP contribution < -0.4 is 5.48 Å². The molecular formula is C11H16FNO. The minimum atomic E-state index is -0.195. The highest BCUT2D eigenvalue weighted by atomic mass is 19.1. The van der Waals surface area contributed by atoms with Crippen molar-refractivity contribution in [1.29, 1.82) is 0 Å². The molecule has 2 nitrogen and oxygen atoms in total. The van der Waals surface area contributed by atoms with Gasteiger partial charge >= 0.3 is 0 Å². The van der Waals surface area contributed by atoms with E-state index in [1.165, 1.54) is 13.2 Å². The molecular weight excluding hydrogens is 181 g/mol. The van der Waals surface area contributed by atoms with Crippen LogP contribution in [0, 0.1) is 5.82 Å². The SMILES string of the molecule is CONCc1cc(C(C)C)ccc1F. The van der Waals surface area contributed by atoms with Crippen molar-refractivity contribution in [3.63, 3.8) is 0 Å². The lowest BCUT2D eigenvalue weighted by Gasteiger charge is -2.09. The number of hydrogen-bond donors (Lipinski definition) is 1. The molecule has 0 bridgehead atoms. The van der Waals surface area contributed by atoms with Gasteiger partial charge in [-0.05, 0) is 17.5 Å². The molecule has 1 N–H and O–H groups in total. The Labute approximate surface area is 84.0 Å². The molecule has 78 valence electrons. The second-order valence-electron chi connectivity index (χ2n) is 3.53. The Kier molecular flexibility index (Phi) is 4.04. The first kappa shape index (κ1) is 11.1. The Morgan fingerprint density at radius 2 is 2.14 bits per heavy atom. The second-order valence-corrected chi connectivity index (χ2v) is 3.53. The molecule has 1 aromatic rings. The van der Waals surface area contributed by atoms with Gasteiger partial charge in [0.05, 0.1) is 7.11 Å². The van der Waals surface area contributed by atoms with Crippen LogP contribution in [-0.4, -0.2) is 7.11 Å². The third-order valence-electron chi connectivity index (χ3n) is 2.14. The maximum absolute atomic E-state index is 13.3. The van der Waals surface area contributed by atoms with E-state index >= 15 is 0 Å². The smallest absolute Gasteiger partial charge is 0.127 e. The molecule has 3 heteroatoms. The highest BCUT2D eigenvalue weighted by molar-refractivity contribution is 5.27. The summed E-state index contributed by atoms with van der Waals surface area (Å²) < 4.78 is 13.3. The lowest BCUT2D eigenvalue weighted by Crippen LogP contribution is -2.12. The van der Waals surface area contributed by atoms with E-state index in [0.717, 1.165) is 5.56 Å². The van der Waals surface area contributed by atoms with Crippen LogP contribution in [-0.2, 0) is 11.4 Å². The monoisotopic (exact) mass is 197 g/mol. The van der Waals surface area contributed by atoms with Crippen LogP contribution >= 0.6 is 0 Å². The largest absolute Gasteiger partial charge is 0.305 e. The lowest BCUT2D eigenvalue weighted by molar-refractivity contribution is 0.0859. The van der Waals surface area contributed by atoms with Gasteiger partial charge in [0.15, 0.2) is 0 Å². The summed E-state index contributed by atoms with van der Waals surface area (Å²) in [5.41, 5.74) is 4.41. The van der Waals surface area contributed by atoms with Crippen LogP contribution in [0.1, 0.15) is 30.9 Å². The van der Waals surface area contributed by atoms with Gasteiger partial charge in [-0.25, -0.2) is 4.39 Å². The number of hydroxylamine groups is 1.